The predicted molar refractivity (Wildman–Crippen MR) is 168 cm³/mol. The maximum absolute atomic E-state index is 12.9. The first-order valence-corrected chi connectivity index (χ1v) is 15.0. The molecule has 1 aliphatic rings. The monoisotopic (exact) mass is 651 g/mol. The second-order valence-corrected chi connectivity index (χ2v) is 11.1. The Morgan fingerprint density at radius 3 is 2.09 bits per heavy atom. The van der Waals surface area contributed by atoms with E-state index in [-0.39, 0.29) is 54.6 Å². The Labute approximate surface area is 270 Å². The number of nitro groups is 1. The smallest absolute Gasteiger partial charge is 0.429 e. The number of carbonyl (C=O) groups excluding carboxylic acids is 6. The summed E-state index contributed by atoms with van der Waals surface area (Å²) in [4.78, 5) is 84.6. The van der Waals surface area contributed by atoms with Gasteiger partial charge in [0.2, 0.25) is 17.7 Å². The van der Waals surface area contributed by atoms with Gasteiger partial charge in [0.25, 0.3) is 17.5 Å². The summed E-state index contributed by atoms with van der Waals surface area (Å²) in [6, 6.07) is 9.54. The highest BCUT2D eigenvalue weighted by atomic mass is 16.7. The Balaban J connectivity index is 1.38. The number of amides is 5. The minimum absolute atomic E-state index is 0.0831. The number of rotatable bonds is 16. The summed E-state index contributed by atoms with van der Waals surface area (Å²) in [7, 11) is 0. The van der Waals surface area contributed by atoms with Gasteiger partial charge in [0.15, 0.2) is 0 Å². The van der Waals surface area contributed by atoms with Crippen molar-refractivity contribution < 1.29 is 43.2 Å². The van der Waals surface area contributed by atoms with Crippen LogP contribution in [-0.4, -0.2) is 64.1 Å². The molecule has 0 radical (unpaired) electrons. The first-order valence-electron chi connectivity index (χ1n) is 15.0. The number of unbranched alkanes of at least 4 members (excludes halogenated alkanes) is 2. The zero-order valence-corrected chi connectivity index (χ0v) is 26.2. The van der Waals surface area contributed by atoms with E-state index in [1.54, 1.807) is 38.1 Å². The van der Waals surface area contributed by atoms with Crippen molar-refractivity contribution in [1.29, 1.82) is 0 Å². The van der Waals surface area contributed by atoms with Crippen LogP contribution in [0.25, 0.3) is 0 Å². The second-order valence-electron chi connectivity index (χ2n) is 11.1. The van der Waals surface area contributed by atoms with Gasteiger partial charge in [0.1, 0.15) is 24.4 Å². The van der Waals surface area contributed by atoms with Crippen molar-refractivity contribution in [2.24, 2.45) is 5.92 Å². The first kappa shape index (κ1) is 35.9. The van der Waals surface area contributed by atoms with Crippen molar-refractivity contribution in [3.05, 3.63) is 76.4 Å². The Morgan fingerprint density at radius 1 is 0.851 bits per heavy atom. The van der Waals surface area contributed by atoms with Gasteiger partial charge in [0, 0.05) is 42.9 Å². The van der Waals surface area contributed by atoms with Crippen molar-refractivity contribution in [2.75, 3.05) is 11.9 Å². The van der Waals surface area contributed by atoms with Crippen LogP contribution < -0.4 is 20.7 Å². The van der Waals surface area contributed by atoms with Crippen molar-refractivity contribution in [2.45, 2.75) is 65.1 Å². The van der Waals surface area contributed by atoms with E-state index in [1.165, 1.54) is 43.3 Å². The van der Waals surface area contributed by atoms with Crippen molar-refractivity contribution in [1.82, 2.24) is 15.5 Å². The SMILES string of the molecule is CC(NC(=O)[C@H](NC(=O)CCCCCN1C(=O)C=CC1=O)C(C)C)C(=O)Nc1ccc(COC(=O)Oc2ccc([N+](=O)[O-])cc2)cc1. The van der Waals surface area contributed by atoms with Gasteiger partial charge in [-0.3, -0.25) is 39.0 Å². The number of benzene rings is 2. The molecule has 1 aliphatic heterocycles. The molecule has 0 aliphatic carbocycles. The Hall–Kier alpha value is -5.60. The molecular formula is C32H37N5O10. The number of nitrogens with one attached hydrogen (secondary N) is 3. The summed E-state index contributed by atoms with van der Waals surface area (Å²) in [5.74, 6) is -2.18. The maximum Gasteiger partial charge on any atom is 0.514 e. The van der Waals surface area contributed by atoms with Gasteiger partial charge < -0.3 is 25.4 Å². The highest BCUT2D eigenvalue weighted by Crippen LogP contribution is 2.18. The molecule has 250 valence electrons. The van der Waals surface area contributed by atoms with Crippen molar-refractivity contribution >= 4 is 47.1 Å². The molecule has 0 saturated heterocycles. The molecule has 2 aromatic carbocycles. The number of carbonyl (C=O) groups is 6. The summed E-state index contributed by atoms with van der Waals surface area (Å²) in [6.45, 7) is 5.21. The molecule has 3 N–H and O–H groups in total. The van der Waals surface area contributed by atoms with E-state index in [4.69, 9.17) is 9.47 Å². The van der Waals surface area contributed by atoms with Gasteiger partial charge >= 0.3 is 6.16 Å². The first-order chi connectivity index (χ1) is 22.3. The van der Waals surface area contributed by atoms with Crippen LogP contribution in [0, 0.1) is 16.0 Å². The quantitative estimate of drug-likeness (QED) is 0.0603. The lowest BCUT2D eigenvalue weighted by molar-refractivity contribution is -0.384. The molecule has 0 spiro atoms. The van der Waals surface area contributed by atoms with Crippen LogP contribution in [-0.2, 0) is 35.3 Å². The van der Waals surface area contributed by atoms with E-state index in [2.05, 4.69) is 16.0 Å². The molecule has 0 bridgehead atoms. The van der Waals surface area contributed by atoms with E-state index in [0.717, 1.165) is 4.90 Å². The Kier molecular flexibility index (Phi) is 13.1. The molecule has 15 nitrogen and oxygen atoms in total. The van der Waals surface area contributed by atoms with Crippen molar-refractivity contribution in [3.8, 4) is 5.75 Å². The van der Waals surface area contributed by atoms with E-state index in [1.807, 2.05) is 0 Å². The number of nitrogens with zero attached hydrogens (tertiary/aromatic N) is 2. The molecule has 2 aromatic rings. The molecule has 15 heteroatoms. The normalized spacial score (nSPS) is 13.6. The fourth-order valence-corrected chi connectivity index (χ4v) is 4.37. The number of hydrogen-bond acceptors (Lipinski definition) is 10. The lowest BCUT2D eigenvalue weighted by Gasteiger charge is -2.24. The average Bonchev–Trinajstić information content (AvgIpc) is 3.35. The van der Waals surface area contributed by atoms with Gasteiger partial charge in [0.05, 0.1) is 4.92 Å². The third-order valence-electron chi connectivity index (χ3n) is 7.03. The van der Waals surface area contributed by atoms with E-state index >= 15 is 0 Å². The summed E-state index contributed by atoms with van der Waals surface area (Å²) >= 11 is 0. The second kappa shape index (κ2) is 17.2. The van der Waals surface area contributed by atoms with Gasteiger partial charge in [-0.15, -0.1) is 0 Å². The van der Waals surface area contributed by atoms with Crippen LogP contribution in [0.2, 0.25) is 0 Å². The topological polar surface area (TPSA) is 203 Å². The molecule has 0 saturated carbocycles. The largest absolute Gasteiger partial charge is 0.514 e. The fourth-order valence-electron chi connectivity index (χ4n) is 4.37. The van der Waals surface area contributed by atoms with Crippen LogP contribution in [0.15, 0.2) is 60.7 Å². The lowest BCUT2D eigenvalue weighted by Crippen LogP contribution is -2.53. The predicted octanol–water partition coefficient (Wildman–Crippen LogP) is 3.38. The van der Waals surface area contributed by atoms with Crippen LogP contribution in [0.1, 0.15) is 52.0 Å². The molecule has 0 fully saturated rings. The maximum atomic E-state index is 12.9. The lowest BCUT2D eigenvalue weighted by atomic mass is 10.0. The van der Waals surface area contributed by atoms with Gasteiger partial charge in [-0.05, 0) is 55.5 Å². The number of hydrogen-bond donors (Lipinski definition) is 3. The van der Waals surface area contributed by atoms with E-state index in [9.17, 15) is 38.9 Å². The highest BCUT2D eigenvalue weighted by Gasteiger charge is 2.27. The van der Waals surface area contributed by atoms with E-state index < -0.39 is 35.0 Å². The minimum atomic E-state index is -1.000. The Bertz CT molecular complexity index is 1490. The van der Waals surface area contributed by atoms with Gasteiger partial charge in [-0.1, -0.05) is 32.4 Å². The zero-order chi connectivity index (χ0) is 34.5. The average molecular weight is 652 g/mol. The van der Waals surface area contributed by atoms with Gasteiger partial charge in [-0.2, -0.15) is 0 Å². The molecule has 1 unspecified atom stereocenters. The zero-order valence-electron chi connectivity index (χ0n) is 26.2. The molecule has 0 aromatic heterocycles. The summed E-state index contributed by atoms with van der Waals surface area (Å²) in [5, 5.41) is 18.8. The third-order valence-corrected chi connectivity index (χ3v) is 7.03. The number of ether oxygens (including phenoxy) is 2. The van der Waals surface area contributed by atoms with Crippen LogP contribution in [0.4, 0.5) is 16.2 Å². The van der Waals surface area contributed by atoms with Crippen LogP contribution in [0.3, 0.4) is 0 Å². The summed E-state index contributed by atoms with van der Waals surface area (Å²) in [5.41, 5.74) is 0.872. The van der Waals surface area contributed by atoms with Crippen LogP contribution >= 0.6 is 0 Å². The minimum Gasteiger partial charge on any atom is -0.429 e. The fraction of sp³-hybridized carbons (Fsp3) is 0.375. The third kappa shape index (κ3) is 11.4. The Morgan fingerprint density at radius 2 is 1.49 bits per heavy atom. The number of anilines is 1. The molecule has 3 rings (SSSR count). The molecular weight excluding hydrogens is 614 g/mol. The summed E-state index contributed by atoms with van der Waals surface area (Å²) in [6.07, 6.45) is 3.30. The number of imide groups is 1. The van der Waals surface area contributed by atoms with E-state index in [0.29, 0.717) is 30.5 Å². The summed E-state index contributed by atoms with van der Waals surface area (Å²) < 4.78 is 10.0. The highest BCUT2D eigenvalue weighted by molar-refractivity contribution is 6.12. The number of nitro benzene ring substituents is 1. The van der Waals surface area contributed by atoms with Crippen molar-refractivity contribution in [3.63, 3.8) is 0 Å². The number of non-ortho nitro benzene ring substituents is 1. The molecule has 1 heterocycles. The molecule has 5 amide bonds. The molecule has 47 heavy (non-hydrogen) atoms. The molecule has 2 atom stereocenters. The standard InChI is InChI=1S/C32H37N5O10/c1-20(2)29(35-26(38)7-5-4-6-18-36-27(39)16-17-28(36)40)31(42)33-21(3)30(41)34-23-10-8-22(9-11-23)19-46-32(43)47-25-14-12-24(13-15-25)37(44)45/h8-17,20-21,29H,4-7,18-19H2,1-3H3,(H,33,42)(H,34,41)(H,35,38)/t21?,29-/m1/s1. The van der Waals surface area contributed by atoms with Gasteiger partial charge in [-0.25, -0.2) is 4.79 Å². The van der Waals surface area contributed by atoms with Crippen LogP contribution in [0.5, 0.6) is 5.75 Å².